The Morgan fingerprint density at radius 2 is 1.76 bits per heavy atom. The summed E-state index contributed by atoms with van der Waals surface area (Å²) in [4.78, 5) is 24.2. The fraction of sp³-hybridized carbons (Fsp3) is 0.214. The lowest BCUT2D eigenvalue weighted by Gasteiger charge is -2.06. The van der Waals surface area contributed by atoms with E-state index in [1.165, 1.54) is 23.1 Å². The van der Waals surface area contributed by atoms with Crippen LogP contribution < -0.4 is 16.6 Å². The molecule has 2 aromatic heterocycles. The lowest BCUT2D eigenvalue weighted by atomic mass is 10.2. The number of fused-ring (bicyclic) bond motifs is 1. The van der Waals surface area contributed by atoms with E-state index in [9.17, 15) is 9.59 Å². The largest absolute Gasteiger partial charge is 0.345 e. The molecule has 0 spiro atoms. The number of rotatable bonds is 2. The summed E-state index contributed by atoms with van der Waals surface area (Å²) in [5.41, 5.74) is 1.73. The molecule has 3 rings (SSSR count). The lowest BCUT2D eigenvalue weighted by Crippen LogP contribution is -2.36. The van der Waals surface area contributed by atoms with Crippen LogP contribution in [0.3, 0.4) is 0 Å². The summed E-state index contributed by atoms with van der Waals surface area (Å²) in [6, 6.07) is 7.85. The number of benzene rings is 1. The Labute approximate surface area is 124 Å². The third-order valence-corrected chi connectivity index (χ3v) is 4.15. The van der Waals surface area contributed by atoms with E-state index < -0.39 is 0 Å². The summed E-state index contributed by atoms with van der Waals surface area (Å²) < 4.78 is 6.70. The van der Waals surface area contributed by atoms with Crippen molar-refractivity contribution in [2.24, 2.45) is 14.1 Å². The Morgan fingerprint density at radius 1 is 1.10 bits per heavy atom. The summed E-state index contributed by atoms with van der Waals surface area (Å²) in [5.74, 6) is 0. The van der Waals surface area contributed by atoms with Gasteiger partial charge in [0.2, 0.25) is 0 Å². The van der Waals surface area contributed by atoms with Crippen molar-refractivity contribution in [1.29, 1.82) is 0 Å². The van der Waals surface area contributed by atoms with Crippen molar-refractivity contribution in [3.63, 3.8) is 0 Å². The zero-order valence-electron chi connectivity index (χ0n) is 11.9. The van der Waals surface area contributed by atoms with Gasteiger partial charge in [-0.1, -0.05) is 17.7 Å². The van der Waals surface area contributed by atoms with Gasteiger partial charge in [-0.25, -0.2) is 4.79 Å². The molecule has 0 saturated heterocycles. The van der Waals surface area contributed by atoms with E-state index in [0.29, 0.717) is 16.0 Å². The molecular formula is C14H14N4O2S. The molecule has 0 aliphatic heterocycles. The molecule has 0 saturated carbocycles. The van der Waals surface area contributed by atoms with Gasteiger partial charge in [0.05, 0.1) is 0 Å². The molecular weight excluding hydrogens is 288 g/mol. The van der Waals surface area contributed by atoms with Crippen LogP contribution in [0, 0.1) is 6.92 Å². The van der Waals surface area contributed by atoms with Crippen molar-refractivity contribution < 1.29 is 0 Å². The van der Waals surface area contributed by atoms with Crippen LogP contribution in [0.2, 0.25) is 0 Å². The molecule has 1 aromatic carbocycles. The molecule has 1 N–H and O–H groups in total. The Kier molecular flexibility index (Phi) is 3.13. The summed E-state index contributed by atoms with van der Waals surface area (Å²) in [6.45, 7) is 2.01. The molecule has 108 valence electrons. The number of anilines is 2. The van der Waals surface area contributed by atoms with Gasteiger partial charge in [-0.15, -0.1) is 0 Å². The van der Waals surface area contributed by atoms with Crippen LogP contribution in [0.4, 0.5) is 10.7 Å². The van der Waals surface area contributed by atoms with Crippen LogP contribution in [-0.2, 0) is 14.1 Å². The molecule has 0 radical (unpaired) electrons. The molecule has 21 heavy (non-hydrogen) atoms. The topological polar surface area (TPSA) is 68.9 Å². The maximum absolute atomic E-state index is 12.3. The number of aromatic nitrogens is 3. The highest BCUT2D eigenvalue weighted by molar-refractivity contribution is 7.11. The highest BCUT2D eigenvalue weighted by atomic mass is 32.1. The molecule has 6 nitrogen and oxygen atoms in total. The number of hydrogen-bond acceptors (Lipinski definition) is 5. The summed E-state index contributed by atoms with van der Waals surface area (Å²) in [6.07, 6.45) is 0. The first-order valence-corrected chi connectivity index (χ1v) is 7.15. The second kappa shape index (κ2) is 4.85. The number of nitrogens with one attached hydrogen (secondary N) is 1. The van der Waals surface area contributed by atoms with E-state index in [1.807, 2.05) is 31.2 Å². The predicted octanol–water partition coefficient (Wildman–Crippen LogP) is 1.75. The summed E-state index contributed by atoms with van der Waals surface area (Å²) in [5, 5.41) is 4.28. The van der Waals surface area contributed by atoms with E-state index in [2.05, 4.69) is 9.69 Å². The molecule has 0 unspecified atom stereocenters. The van der Waals surface area contributed by atoms with Crippen molar-refractivity contribution in [3.05, 3.63) is 50.7 Å². The first-order chi connectivity index (χ1) is 9.99. The fourth-order valence-corrected chi connectivity index (χ4v) is 2.95. The Hall–Kier alpha value is -2.41. The average Bonchev–Trinajstić information content (AvgIpc) is 2.89. The standard InChI is InChI=1S/C14H14N4O2S/c1-8-4-6-9(7-5-8)15-12-10-11(16-21-12)17(2)14(20)18(3)13(10)19/h4-7,15H,1-3H3. The number of aryl methyl sites for hydroxylation is 2. The van der Waals surface area contributed by atoms with Gasteiger partial charge < -0.3 is 5.32 Å². The predicted molar refractivity (Wildman–Crippen MR) is 84.6 cm³/mol. The van der Waals surface area contributed by atoms with E-state index >= 15 is 0 Å². The third kappa shape index (κ3) is 2.15. The minimum Gasteiger partial charge on any atom is -0.345 e. The molecule has 0 aliphatic rings. The molecule has 3 aromatic rings. The highest BCUT2D eigenvalue weighted by Gasteiger charge is 2.16. The van der Waals surface area contributed by atoms with Gasteiger partial charge in [0.1, 0.15) is 10.4 Å². The molecule has 7 heteroatoms. The first-order valence-electron chi connectivity index (χ1n) is 6.38. The minimum atomic E-state index is -0.375. The quantitative estimate of drug-likeness (QED) is 0.783. The van der Waals surface area contributed by atoms with Crippen molar-refractivity contribution in [3.8, 4) is 0 Å². The minimum absolute atomic E-state index is 0.337. The SMILES string of the molecule is Cc1ccc(Nc2snc3c2c(=O)n(C)c(=O)n3C)cc1. The van der Waals surface area contributed by atoms with Crippen LogP contribution in [-0.4, -0.2) is 13.5 Å². The maximum atomic E-state index is 12.3. The van der Waals surface area contributed by atoms with Gasteiger partial charge in [-0.05, 0) is 30.6 Å². The van der Waals surface area contributed by atoms with E-state index in [4.69, 9.17) is 0 Å². The smallest absolute Gasteiger partial charge is 0.332 e. The van der Waals surface area contributed by atoms with Gasteiger partial charge in [0, 0.05) is 19.8 Å². The monoisotopic (exact) mass is 302 g/mol. The van der Waals surface area contributed by atoms with Crippen molar-refractivity contribution in [2.45, 2.75) is 6.92 Å². The molecule has 0 fully saturated rings. The molecule has 2 heterocycles. The van der Waals surface area contributed by atoms with Crippen LogP contribution in [0.15, 0.2) is 33.9 Å². The van der Waals surface area contributed by atoms with Crippen LogP contribution in [0.1, 0.15) is 5.56 Å². The van der Waals surface area contributed by atoms with Crippen LogP contribution >= 0.6 is 11.5 Å². The van der Waals surface area contributed by atoms with Gasteiger partial charge >= 0.3 is 5.69 Å². The molecule has 0 aliphatic carbocycles. The number of hydrogen-bond donors (Lipinski definition) is 1. The third-order valence-electron chi connectivity index (χ3n) is 3.39. The second-order valence-corrected chi connectivity index (χ2v) is 5.68. The Morgan fingerprint density at radius 3 is 2.43 bits per heavy atom. The van der Waals surface area contributed by atoms with Gasteiger partial charge in [0.25, 0.3) is 5.56 Å². The van der Waals surface area contributed by atoms with Crippen molar-refractivity contribution >= 4 is 33.3 Å². The van der Waals surface area contributed by atoms with E-state index in [0.717, 1.165) is 15.8 Å². The van der Waals surface area contributed by atoms with E-state index in [1.54, 1.807) is 7.05 Å². The molecule has 0 atom stereocenters. The van der Waals surface area contributed by atoms with Gasteiger partial charge in [-0.2, -0.15) is 4.37 Å². The molecule has 0 amide bonds. The first kappa shape index (κ1) is 13.6. The maximum Gasteiger partial charge on any atom is 0.332 e. The Bertz CT molecular complexity index is 934. The molecule has 0 bridgehead atoms. The summed E-state index contributed by atoms with van der Waals surface area (Å²) >= 11 is 1.17. The zero-order chi connectivity index (χ0) is 15.1. The van der Waals surface area contributed by atoms with Crippen molar-refractivity contribution in [1.82, 2.24) is 13.5 Å². The van der Waals surface area contributed by atoms with E-state index in [-0.39, 0.29) is 11.2 Å². The van der Waals surface area contributed by atoms with Gasteiger partial charge in [-0.3, -0.25) is 13.9 Å². The van der Waals surface area contributed by atoms with Crippen molar-refractivity contribution in [2.75, 3.05) is 5.32 Å². The lowest BCUT2D eigenvalue weighted by molar-refractivity contribution is 0.710. The normalized spacial score (nSPS) is 11.0. The van der Waals surface area contributed by atoms with Crippen LogP contribution in [0.5, 0.6) is 0 Å². The Balaban J connectivity index is 2.19. The summed E-state index contributed by atoms with van der Waals surface area (Å²) in [7, 11) is 3.08. The second-order valence-electron chi connectivity index (χ2n) is 4.91. The van der Waals surface area contributed by atoms with Gasteiger partial charge in [0.15, 0.2) is 5.65 Å². The zero-order valence-corrected chi connectivity index (χ0v) is 12.7. The average molecular weight is 302 g/mol. The number of nitrogens with zero attached hydrogens (tertiary/aromatic N) is 3. The highest BCUT2D eigenvalue weighted by Crippen LogP contribution is 2.27. The fourth-order valence-electron chi connectivity index (χ4n) is 2.13. The van der Waals surface area contributed by atoms with Crippen LogP contribution in [0.25, 0.3) is 11.0 Å².